The Hall–Kier alpha value is -2.27. The number of hydrogen-bond acceptors (Lipinski definition) is 4. The minimum atomic E-state index is -0.711. The first-order chi connectivity index (χ1) is 10.2. The van der Waals surface area contributed by atoms with Crippen molar-refractivity contribution in [3.05, 3.63) is 54.0 Å². The molecule has 0 fully saturated rings. The van der Waals surface area contributed by atoms with Gasteiger partial charge in [0.2, 0.25) is 0 Å². The number of aliphatic hydroxyl groups excluding tert-OH is 1. The third-order valence-corrected chi connectivity index (χ3v) is 3.06. The van der Waals surface area contributed by atoms with Crippen molar-refractivity contribution in [1.82, 2.24) is 5.32 Å². The molecular formula is C16H19NO4. The molecular weight excluding hydrogens is 270 g/mol. The summed E-state index contributed by atoms with van der Waals surface area (Å²) in [5.74, 6) is 0.980. The first-order valence-corrected chi connectivity index (χ1v) is 6.83. The SMILES string of the molecule is Cc1ccccc1OCC(=O)NCC[C@H](O)c1ccco1. The Bertz CT molecular complexity index is 565. The molecule has 0 aliphatic rings. The molecule has 1 aromatic heterocycles. The van der Waals surface area contributed by atoms with Gasteiger partial charge in [-0.15, -0.1) is 0 Å². The fraction of sp³-hybridized carbons (Fsp3) is 0.312. The normalized spacial score (nSPS) is 11.9. The zero-order valence-corrected chi connectivity index (χ0v) is 11.9. The van der Waals surface area contributed by atoms with Crippen LogP contribution in [0.25, 0.3) is 0 Å². The minimum absolute atomic E-state index is 0.0400. The van der Waals surface area contributed by atoms with Gasteiger partial charge in [0, 0.05) is 6.54 Å². The molecule has 0 radical (unpaired) electrons. The number of nitrogens with one attached hydrogen (secondary N) is 1. The van der Waals surface area contributed by atoms with Crippen LogP contribution >= 0.6 is 0 Å². The molecule has 2 N–H and O–H groups in total. The quantitative estimate of drug-likeness (QED) is 0.819. The van der Waals surface area contributed by atoms with Gasteiger partial charge < -0.3 is 19.6 Å². The number of carbonyl (C=O) groups excluding carboxylic acids is 1. The average Bonchev–Trinajstić information content (AvgIpc) is 3.00. The topological polar surface area (TPSA) is 71.7 Å². The Morgan fingerprint density at radius 3 is 2.86 bits per heavy atom. The standard InChI is InChI=1S/C16H19NO4/c1-12-5-2-3-6-14(12)21-11-16(19)17-9-8-13(18)15-7-4-10-20-15/h2-7,10,13,18H,8-9,11H2,1H3,(H,17,19)/t13-/m0/s1. The molecule has 21 heavy (non-hydrogen) atoms. The molecule has 0 bridgehead atoms. The Balaban J connectivity index is 1.67. The van der Waals surface area contributed by atoms with Gasteiger partial charge in [-0.3, -0.25) is 4.79 Å². The number of ether oxygens (including phenoxy) is 1. The largest absolute Gasteiger partial charge is 0.484 e. The van der Waals surface area contributed by atoms with Crippen molar-refractivity contribution in [2.45, 2.75) is 19.4 Å². The molecule has 1 aromatic carbocycles. The number of hydrogen-bond donors (Lipinski definition) is 2. The Kier molecular flexibility index (Phi) is 5.40. The molecule has 112 valence electrons. The number of aliphatic hydroxyl groups is 1. The van der Waals surface area contributed by atoms with Crippen molar-refractivity contribution in [2.24, 2.45) is 0 Å². The lowest BCUT2D eigenvalue weighted by atomic mass is 10.2. The van der Waals surface area contributed by atoms with E-state index in [-0.39, 0.29) is 12.5 Å². The molecule has 2 aromatic rings. The number of para-hydroxylation sites is 1. The highest BCUT2D eigenvalue weighted by Crippen LogP contribution is 2.16. The summed E-state index contributed by atoms with van der Waals surface area (Å²) in [5, 5.41) is 12.5. The van der Waals surface area contributed by atoms with E-state index in [1.807, 2.05) is 31.2 Å². The molecule has 0 saturated heterocycles. The molecule has 0 aliphatic carbocycles. The summed E-state index contributed by atoms with van der Waals surface area (Å²) >= 11 is 0. The fourth-order valence-electron chi connectivity index (χ4n) is 1.88. The highest BCUT2D eigenvalue weighted by Gasteiger charge is 2.11. The fourth-order valence-corrected chi connectivity index (χ4v) is 1.88. The summed E-state index contributed by atoms with van der Waals surface area (Å²) in [6.07, 6.45) is 1.19. The van der Waals surface area contributed by atoms with Gasteiger partial charge in [0.1, 0.15) is 17.6 Å². The molecule has 1 heterocycles. The number of amides is 1. The molecule has 1 atom stereocenters. The lowest BCUT2D eigenvalue weighted by Gasteiger charge is -2.11. The highest BCUT2D eigenvalue weighted by atomic mass is 16.5. The lowest BCUT2D eigenvalue weighted by Crippen LogP contribution is -2.30. The van der Waals surface area contributed by atoms with Gasteiger partial charge in [-0.2, -0.15) is 0 Å². The van der Waals surface area contributed by atoms with Crippen LogP contribution in [0.1, 0.15) is 23.8 Å². The number of benzene rings is 1. The number of carbonyl (C=O) groups is 1. The van der Waals surface area contributed by atoms with Crippen molar-refractivity contribution in [3.8, 4) is 5.75 Å². The molecule has 0 aliphatic heterocycles. The Morgan fingerprint density at radius 2 is 2.14 bits per heavy atom. The van der Waals surface area contributed by atoms with Crippen LogP contribution in [0.5, 0.6) is 5.75 Å². The number of aryl methyl sites for hydroxylation is 1. The number of rotatable bonds is 7. The van der Waals surface area contributed by atoms with Crippen LogP contribution in [-0.4, -0.2) is 24.2 Å². The third kappa shape index (κ3) is 4.65. The van der Waals surface area contributed by atoms with Crippen molar-refractivity contribution in [2.75, 3.05) is 13.2 Å². The van der Waals surface area contributed by atoms with E-state index < -0.39 is 6.10 Å². The van der Waals surface area contributed by atoms with E-state index in [0.29, 0.717) is 24.5 Å². The van der Waals surface area contributed by atoms with Gasteiger partial charge in [0.15, 0.2) is 6.61 Å². The van der Waals surface area contributed by atoms with Gasteiger partial charge in [0.25, 0.3) is 5.91 Å². The van der Waals surface area contributed by atoms with Gasteiger partial charge in [-0.05, 0) is 37.1 Å². The Morgan fingerprint density at radius 1 is 1.33 bits per heavy atom. The predicted octanol–water partition coefficient (Wildman–Crippen LogP) is 2.21. The van der Waals surface area contributed by atoms with Crippen molar-refractivity contribution < 1.29 is 19.1 Å². The van der Waals surface area contributed by atoms with Crippen LogP contribution in [0.4, 0.5) is 0 Å². The highest BCUT2D eigenvalue weighted by molar-refractivity contribution is 5.77. The maximum atomic E-state index is 11.7. The van der Waals surface area contributed by atoms with Gasteiger partial charge >= 0.3 is 0 Å². The van der Waals surface area contributed by atoms with Crippen LogP contribution in [0.2, 0.25) is 0 Å². The second kappa shape index (κ2) is 7.50. The monoisotopic (exact) mass is 289 g/mol. The maximum Gasteiger partial charge on any atom is 0.257 e. The Labute approximate surface area is 123 Å². The molecule has 0 spiro atoms. The first-order valence-electron chi connectivity index (χ1n) is 6.83. The zero-order valence-electron chi connectivity index (χ0n) is 11.9. The lowest BCUT2D eigenvalue weighted by molar-refractivity contribution is -0.123. The maximum absolute atomic E-state index is 11.7. The predicted molar refractivity (Wildman–Crippen MR) is 78.0 cm³/mol. The van der Waals surface area contributed by atoms with Crippen LogP contribution < -0.4 is 10.1 Å². The summed E-state index contributed by atoms with van der Waals surface area (Å²) in [5.41, 5.74) is 0.985. The van der Waals surface area contributed by atoms with E-state index in [1.54, 1.807) is 12.1 Å². The van der Waals surface area contributed by atoms with Crippen LogP contribution in [0.15, 0.2) is 47.1 Å². The van der Waals surface area contributed by atoms with Crippen molar-refractivity contribution >= 4 is 5.91 Å². The molecule has 5 heteroatoms. The van der Waals surface area contributed by atoms with E-state index in [2.05, 4.69) is 5.32 Å². The third-order valence-electron chi connectivity index (χ3n) is 3.06. The van der Waals surface area contributed by atoms with E-state index in [1.165, 1.54) is 6.26 Å². The van der Waals surface area contributed by atoms with Crippen molar-refractivity contribution in [1.29, 1.82) is 0 Å². The molecule has 0 saturated carbocycles. The van der Waals surface area contributed by atoms with Crippen LogP contribution in [-0.2, 0) is 4.79 Å². The minimum Gasteiger partial charge on any atom is -0.484 e. The summed E-state index contributed by atoms with van der Waals surface area (Å²) in [6, 6.07) is 10.9. The molecule has 0 unspecified atom stereocenters. The van der Waals surface area contributed by atoms with Crippen molar-refractivity contribution in [3.63, 3.8) is 0 Å². The van der Waals surface area contributed by atoms with Gasteiger partial charge in [-0.1, -0.05) is 18.2 Å². The number of furan rings is 1. The molecule has 5 nitrogen and oxygen atoms in total. The molecule has 2 rings (SSSR count). The summed E-state index contributed by atoms with van der Waals surface area (Å²) < 4.78 is 10.5. The average molecular weight is 289 g/mol. The van der Waals surface area contributed by atoms with E-state index in [0.717, 1.165) is 5.56 Å². The second-order valence-corrected chi connectivity index (χ2v) is 4.72. The summed E-state index contributed by atoms with van der Waals surface area (Å²) in [7, 11) is 0. The first kappa shape index (κ1) is 15.1. The van der Waals surface area contributed by atoms with Crippen LogP contribution in [0, 0.1) is 6.92 Å². The smallest absolute Gasteiger partial charge is 0.257 e. The van der Waals surface area contributed by atoms with E-state index in [4.69, 9.17) is 9.15 Å². The van der Waals surface area contributed by atoms with Crippen LogP contribution in [0.3, 0.4) is 0 Å². The second-order valence-electron chi connectivity index (χ2n) is 4.72. The zero-order chi connectivity index (χ0) is 15.1. The molecule has 1 amide bonds. The summed E-state index contributed by atoms with van der Waals surface area (Å²) in [4.78, 5) is 11.7. The van der Waals surface area contributed by atoms with E-state index >= 15 is 0 Å². The van der Waals surface area contributed by atoms with E-state index in [9.17, 15) is 9.90 Å². The van der Waals surface area contributed by atoms with Gasteiger partial charge in [0.05, 0.1) is 6.26 Å². The van der Waals surface area contributed by atoms with Gasteiger partial charge in [-0.25, -0.2) is 0 Å². The summed E-state index contributed by atoms with van der Waals surface area (Å²) in [6.45, 7) is 2.24.